The van der Waals surface area contributed by atoms with Gasteiger partial charge in [0.15, 0.2) is 0 Å². The number of nitrogens with zero attached hydrogens (tertiary/aromatic N) is 2. The molecule has 3 rings (SSSR count). The zero-order valence-electron chi connectivity index (χ0n) is 17.5. The SMILES string of the molecule is CN(C(=O)Cc1ccc(F)cc1F)[C@H](CN1CC[C@H](O)C1)c1ccc(OCCO)cc1. The minimum absolute atomic E-state index is 0.0845. The van der Waals surface area contributed by atoms with Crippen LogP contribution in [0.5, 0.6) is 5.75 Å². The monoisotopic (exact) mass is 434 g/mol. The van der Waals surface area contributed by atoms with Gasteiger partial charge in [-0.25, -0.2) is 8.78 Å². The van der Waals surface area contributed by atoms with E-state index in [4.69, 9.17) is 9.84 Å². The molecule has 8 heteroatoms. The van der Waals surface area contributed by atoms with E-state index in [0.717, 1.165) is 24.2 Å². The first kappa shape index (κ1) is 23.1. The second-order valence-electron chi connectivity index (χ2n) is 7.78. The normalized spacial score (nSPS) is 17.5. The highest BCUT2D eigenvalue weighted by molar-refractivity contribution is 5.79. The highest BCUT2D eigenvalue weighted by atomic mass is 19.1. The molecule has 1 amide bonds. The topological polar surface area (TPSA) is 73.2 Å². The third-order valence-electron chi connectivity index (χ3n) is 5.52. The van der Waals surface area contributed by atoms with Crippen LogP contribution >= 0.6 is 0 Å². The fourth-order valence-corrected chi connectivity index (χ4v) is 3.75. The summed E-state index contributed by atoms with van der Waals surface area (Å²) < 4.78 is 32.6. The van der Waals surface area contributed by atoms with Crippen molar-refractivity contribution >= 4 is 5.91 Å². The zero-order valence-corrected chi connectivity index (χ0v) is 17.5. The number of aliphatic hydroxyl groups excluding tert-OH is 2. The van der Waals surface area contributed by atoms with E-state index in [1.54, 1.807) is 24.1 Å². The molecular weight excluding hydrogens is 406 g/mol. The van der Waals surface area contributed by atoms with Crippen molar-refractivity contribution < 1.29 is 28.5 Å². The maximum Gasteiger partial charge on any atom is 0.227 e. The van der Waals surface area contributed by atoms with Crippen molar-refractivity contribution in [3.05, 3.63) is 65.2 Å². The third kappa shape index (κ3) is 6.22. The number of amides is 1. The van der Waals surface area contributed by atoms with Crippen molar-refractivity contribution in [2.24, 2.45) is 0 Å². The van der Waals surface area contributed by atoms with Crippen molar-refractivity contribution in [1.29, 1.82) is 0 Å². The quantitative estimate of drug-likeness (QED) is 0.633. The molecule has 0 unspecified atom stereocenters. The second kappa shape index (κ2) is 10.7. The molecule has 0 saturated carbocycles. The number of hydrogen-bond donors (Lipinski definition) is 2. The molecule has 1 fully saturated rings. The Hall–Kier alpha value is -2.55. The average Bonchev–Trinajstić information content (AvgIpc) is 3.17. The molecule has 1 heterocycles. The van der Waals surface area contributed by atoms with Gasteiger partial charge in [-0.1, -0.05) is 18.2 Å². The minimum atomic E-state index is -0.744. The van der Waals surface area contributed by atoms with E-state index in [1.807, 2.05) is 12.1 Å². The molecule has 0 aromatic heterocycles. The molecule has 2 aromatic rings. The predicted octanol–water partition coefficient (Wildman–Crippen LogP) is 2.14. The van der Waals surface area contributed by atoms with Crippen molar-refractivity contribution in [2.75, 3.05) is 39.9 Å². The first-order chi connectivity index (χ1) is 14.9. The van der Waals surface area contributed by atoms with Gasteiger partial charge < -0.3 is 19.8 Å². The smallest absolute Gasteiger partial charge is 0.227 e. The summed E-state index contributed by atoms with van der Waals surface area (Å²) in [5.74, 6) is -1.12. The molecule has 2 aromatic carbocycles. The van der Waals surface area contributed by atoms with Gasteiger partial charge in [0.2, 0.25) is 5.91 Å². The van der Waals surface area contributed by atoms with Crippen LogP contribution in [0.15, 0.2) is 42.5 Å². The molecule has 0 bridgehead atoms. The fraction of sp³-hybridized carbons (Fsp3) is 0.435. The van der Waals surface area contributed by atoms with E-state index < -0.39 is 11.6 Å². The number of ether oxygens (including phenoxy) is 1. The standard InChI is InChI=1S/C23H28F2N2O4/c1-26(23(30)12-17-2-5-18(24)13-21(17)25)22(15-27-9-8-19(29)14-27)16-3-6-20(7-4-16)31-11-10-28/h2-7,13,19,22,28-29H,8-12,14-15H2,1H3/t19-,22+/m0/s1. The summed E-state index contributed by atoms with van der Waals surface area (Å²) in [6.07, 6.45) is 0.114. The highest BCUT2D eigenvalue weighted by Crippen LogP contribution is 2.26. The van der Waals surface area contributed by atoms with Crippen LogP contribution in [0.4, 0.5) is 8.78 Å². The van der Waals surface area contributed by atoms with E-state index in [-0.39, 0.29) is 43.3 Å². The van der Waals surface area contributed by atoms with Gasteiger partial charge in [-0.2, -0.15) is 0 Å². The van der Waals surface area contributed by atoms with Gasteiger partial charge in [0.1, 0.15) is 24.0 Å². The summed E-state index contributed by atoms with van der Waals surface area (Å²) in [6.45, 7) is 1.88. The van der Waals surface area contributed by atoms with Crippen molar-refractivity contribution in [3.63, 3.8) is 0 Å². The molecule has 1 aliphatic rings. The van der Waals surface area contributed by atoms with Crippen LogP contribution in [-0.4, -0.2) is 71.9 Å². The number of likely N-dealkylation sites (tertiary alicyclic amines) is 1. The number of carbonyl (C=O) groups is 1. The number of hydrogen-bond acceptors (Lipinski definition) is 5. The number of carbonyl (C=O) groups excluding carboxylic acids is 1. The number of halogens is 2. The lowest BCUT2D eigenvalue weighted by molar-refractivity contribution is -0.131. The average molecular weight is 434 g/mol. The number of β-amino-alcohol motifs (C(OH)–C–C–N with tert-alkyl or cyclic N) is 1. The first-order valence-corrected chi connectivity index (χ1v) is 10.3. The fourth-order valence-electron chi connectivity index (χ4n) is 3.75. The molecule has 1 aliphatic heterocycles. The summed E-state index contributed by atoms with van der Waals surface area (Å²) in [5.41, 5.74) is 1.01. The molecular formula is C23H28F2N2O4. The van der Waals surface area contributed by atoms with Gasteiger partial charge in [-0.05, 0) is 35.7 Å². The van der Waals surface area contributed by atoms with E-state index in [0.29, 0.717) is 25.3 Å². The zero-order chi connectivity index (χ0) is 22.4. The Kier molecular flexibility index (Phi) is 7.95. The van der Waals surface area contributed by atoms with Gasteiger partial charge in [0.25, 0.3) is 0 Å². The Balaban J connectivity index is 1.78. The van der Waals surface area contributed by atoms with Gasteiger partial charge in [-0.3, -0.25) is 9.69 Å². The van der Waals surface area contributed by atoms with Gasteiger partial charge in [0, 0.05) is 32.7 Å². The molecule has 2 atom stereocenters. The molecule has 0 spiro atoms. The Labute approximate surface area is 180 Å². The predicted molar refractivity (Wildman–Crippen MR) is 112 cm³/mol. The van der Waals surface area contributed by atoms with E-state index in [1.165, 1.54) is 6.07 Å². The van der Waals surface area contributed by atoms with Crippen molar-refractivity contribution in [2.45, 2.75) is 25.0 Å². The first-order valence-electron chi connectivity index (χ1n) is 10.3. The molecule has 2 N–H and O–H groups in total. The Morgan fingerprint density at radius 1 is 1.26 bits per heavy atom. The van der Waals surface area contributed by atoms with Gasteiger partial charge >= 0.3 is 0 Å². The Morgan fingerprint density at radius 2 is 2.00 bits per heavy atom. The lowest BCUT2D eigenvalue weighted by Gasteiger charge is -2.32. The van der Waals surface area contributed by atoms with Crippen LogP contribution in [-0.2, 0) is 11.2 Å². The summed E-state index contributed by atoms with van der Waals surface area (Å²) in [4.78, 5) is 16.6. The van der Waals surface area contributed by atoms with Crippen LogP contribution in [0.1, 0.15) is 23.6 Å². The summed E-state index contributed by atoms with van der Waals surface area (Å²) in [7, 11) is 1.66. The van der Waals surface area contributed by atoms with Gasteiger partial charge in [-0.15, -0.1) is 0 Å². The number of likely N-dealkylation sites (N-methyl/N-ethyl adjacent to an activating group) is 1. The molecule has 31 heavy (non-hydrogen) atoms. The molecule has 6 nitrogen and oxygen atoms in total. The molecule has 168 valence electrons. The largest absolute Gasteiger partial charge is 0.491 e. The molecule has 0 aliphatic carbocycles. The summed E-state index contributed by atoms with van der Waals surface area (Å²) in [5, 5.41) is 18.8. The van der Waals surface area contributed by atoms with E-state index in [9.17, 15) is 18.7 Å². The van der Waals surface area contributed by atoms with Crippen LogP contribution < -0.4 is 4.74 Å². The minimum Gasteiger partial charge on any atom is -0.491 e. The van der Waals surface area contributed by atoms with Crippen LogP contribution in [0.3, 0.4) is 0 Å². The number of benzene rings is 2. The second-order valence-corrected chi connectivity index (χ2v) is 7.78. The Bertz CT molecular complexity index is 878. The maximum atomic E-state index is 14.0. The van der Waals surface area contributed by atoms with Crippen LogP contribution in [0.2, 0.25) is 0 Å². The van der Waals surface area contributed by atoms with Crippen LogP contribution in [0, 0.1) is 11.6 Å². The lowest BCUT2D eigenvalue weighted by atomic mass is 10.0. The highest BCUT2D eigenvalue weighted by Gasteiger charge is 2.28. The summed E-state index contributed by atoms with van der Waals surface area (Å²) >= 11 is 0. The summed E-state index contributed by atoms with van der Waals surface area (Å²) in [6, 6.07) is 10.1. The Morgan fingerprint density at radius 3 is 2.61 bits per heavy atom. The van der Waals surface area contributed by atoms with E-state index in [2.05, 4.69) is 4.90 Å². The van der Waals surface area contributed by atoms with Gasteiger partial charge in [0.05, 0.1) is 25.2 Å². The molecule has 1 saturated heterocycles. The van der Waals surface area contributed by atoms with E-state index >= 15 is 0 Å². The molecule has 0 radical (unpaired) electrons. The van der Waals surface area contributed by atoms with Crippen molar-refractivity contribution in [1.82, 2.24) is 9.80 Å². The van der Waals surface area contributed by atoms with Crippen molar-refractivity contribution in [3.8, 4) is 5.75 Å². The maximum absolute atomic E-state index is 14.0. The number of aliphatic hydroxyl groups is 2. The third-order valence-corrected chi connectivity index (χ3v) is 5.52. The lowest BCUT2D eigenvalue weighted by Crippen LogP contribution is -2.39. The van der Waals surface area contributed by atoms with Crippen LogP contribution in [0.25, 0.3) is 0 Å². The number of rotatable bonds is 9.